The standard InChI is InChI=1S/C8H12O3S/c1-5-7(10-2)6(4-12-5)8(9)11-3/h6H,4H2,1-3H3. The minimum atomic E-state index is -0.212. The average molecular weight is 188 g/mol. The van der Waals surface area contributed by atoms with Gasteiger partial charge in [-0.3, -0.25) is 4.79 Å². The summed E-state index contributed by atoms with van der Waals surface area (Å²) in [6.45, 7) is 1.95. The fraction of sp³-hybridized carbons (Fsp3) is 0.625. The van der Waals surface area contributed by atoms with Crippen molar-refractivity contribution in [1.29, 1.82) is 0 Å². The molecule has 0 aliphatic carbocycles. The van der Waals surface area contributed by atoms with E-state index >= 15 is 0 Å². The van der Waals surface area contributed by atoms with Gasteiger partial charge in [-0.05, 0) is 6.92 Å². The van der Waals surface area contributed by atoms with Crippen molar-refractivity contribution >= 4 is 17.7 Å². The summed E-state index contributed by atoms with van der Waals surface area (Å²) in [5.74, 6) is 1.08. The summed E-state index contributed by atoms with van der Waals surface area (Å²) in [5, 5.41) is 0. The molecule has 0 amide bonds. The van der Waals surface area contributed by atoms with Gasteiger partial charge >= 0.3 is 5.97 Å². The van der Waals surface area contributed by atoms with Crippen molar-refractivity contribution in [2.75, 3.05) is 20.0 Å². The van der Waals surface area contributed by atoms with Gasteiger partial charge in [0, 0.05) is 10.7 Å². The maximum atomic E-state index is 11.2. The van der Waals surface area contributed by atoms with Gasteiger partial charge in [-0.1, -0.05) is 0 Å². The molecule has 0 saturated carbocycles. The molecule has 1 heterocycles. The van der Waals surface area contributed by atoms with Gasteiger partial charge in [-0.2, -0.15) is 0 Å². The second-order valence-electron chi connectivity index (χ2n) is 2.51. The molecular weight excluding hydrogens is 176 g/mol. The van der Waals surface area contributed by atoms with E-state index in [-0.39, 0.29) is 11.9 Å². The van der Waals surface area contributed by atoms with Crippen molar-refractivity contribution in [3.8, 4) is 0 Å². The molecule has 1 rings (SSSR count). The number of allylic oxidation sites excluding steroid dienone is 1. The molecule has 0 fully saturated rings. The van der Waals surface area contributed by atoms with E-state index in [1.54, 1.807) is 18.9 Å². The number of methoxy groups -OCH3 is 2. The quantitative estimate of drug-likeness (QED) is 0.614. The molecule has 0 N–H and O–H groups in total. The Kier molecular flexibility index (Phi) is 3.03. The molecule has 1 aliphatic heterocycles. The zero-order valence-electron chi connectivity index (χ0n) is 7.42. The van der Waals surface area contributed by atoms with Gasteiger partial charge < -0.3 is 9.47 Å². The zero-order valence-corrected chi connectivity index (χ0v) is 8.23. The fourth-order valence-electron chi connectivity index (χ4n) is 1.20. The minimum Gasteiger partial charge on any atom is -0.499 e. The van der Waals surface area contributed by atoms with Crippen molar-refractivity contribution in [3.63, 3.8) is 0 Å². The Labute approximate surface area is 76.1 Å². The first-order chi connectivity index (χ1) is 5.70. The largest absolute Gasteiger partial charge is 0.499 e. The van der Waals surface area contributed by atoms with Crippen LogP contribution in [0.1, 0.15) is 6.92 Å². The molecule has 0 aromatic heterocycles. The predicted molar refractivity (Wildman–Crippen MR) is 47.7 cm³/mol. The van der Waals surface area contributed by atoms with E-state index in [2.05, 4.69) is 4.74 Å². The van der Waals surface area contributed by atoms with Crippen LogP contribution in [0.2, 0.25) is 0 Å². The highest BCUT2D eigenvalue weighted by atomic mass is 32.2. The van der Waals surface area contributed by atoms with Crippen LogP contribution >= 0.6 is 11.8 Å². The van der Waals surface area contributed by atoms with Crippen LogP contribution in [0, 0.1) is 5.92 Å². The molecule has 1 atom stereocenters. The Hall–Kier alpha value is -0.640. The number of thioether (sulfide) groups is 1. The lowest BCUT2D eigenvalue weighted by atomic mass is 10.1. The summed E-state index contributed by atoms with van der Waals surface area (Å²) < 4.78 is 9.77. The van der Waals surface area contributed by atoms with Crippen LogP contribution in [-0.2, 0) is 14.3 Å². The second kappa shape index (κ2) is 3.85. The number of hydrogen-bond donors (Lipinski definition) is 0. The van der Waals surface area contributed by atoms with Gasteiger partial charge in [0.25, 0.3) is 0 Å². The van der Waals surface area contributed by atoms with Crippen LogP contribution in [0.4, 0.5) is 0 Å². The SMILES string of the molecule is COC(=O)C1CSC(C)=C1OC. The Morgan fingerprint density at radius 1 is 1.58 bits per heavy atom. The van der Waals surface area contributed by atoms with Crippen LogP contribution in [0.15, 0.2) is 10.7 Å². The van der Waals surface area contributed by atoms with Crippen molar-refractivity contribution in [2.45, 2.75) is 6.92 Å². The second-order valence-corrected chi connectivity index (χ2v) is 3.75. The number of rotatable bonds is 2. The molecule has 0 aromatic rings. The molecule has 0 aromatic carbocycles. The maximum absolute atomic E-state index is 11.2. The van der Waals surface area contributed by atoms with Gasteiger partial charge in [0.05, 0.1) is 14.2 Å². The van der Waals surface area contributed by atoms with E-state index in [4.69, 9.17) is 4.74 Å². The van der Waals surface area contributed by atoms with Crippen molar-refractivity contribution in [2.24, 2.45) is 5.92 Å². The van der Waals surface area contributed by atoms with E-state index in [0.29, 0.717) is 0 Å². The van der Waals surface area contributed by atoms with Crippen LogP contribution < -0.4 is 0 Å². The van der Waals surface area contributed by atoms with Crippen LogP contribution in [0.25, 0.3) is 0 Å². The number of esters is 1. The topological polar surface area (TPSA) is 35.5 Å². The van der Waals surface area contributed by atoms with Crippen LogP contribution in [0.3, 0.4) is 0 Å². The summed E-state index contributed by atoms with van der Waals surface area (Å²) in [7, 11) is 2.98. The summed E-state index contributed by atoms with van der Waals surface area (Å²) in [5.41, 5.74) is 0. The Morgan fingerprint density at radius 3 is 2.75 bits per heavy atom. The molecule has 0 saturated heterocycles. The zero-order chi connectivity index (χ0) is 9.14. The molecule has 3 nitrogen and oxygen atoms in total. The molecule has 1 unspecified atom stereocenters. The number of hydrogen-bond acceptors (Lipinski definition) is 4. The first-order valence-corrected chi connectivity index (χ1v) is 4.64. The highest BCUT2D eigenvalue weighted by Gasteiger charge is 2.31. The maximum Gasteiger partial charge on any atom is 0.317 e. The van der Waals surface area contributed by atoms with E-state index in [0.717, 1.165) is 16.4 Å². The van der Waals surface area contributed by atoms with E-state index in [1.165, 1.54) is 7.11 Å². The van der Waals surface area contributed by atoms with Crippen LogP contribution in [-0.4, -0.2) is 25.9 Å². The van der Waals surface area contributed by atoms with Crippen molar-refractivity contribution in [3.05, 3.63) is 10.7 Å². The van der Waals surface area contributed by atoms with Crippen molar-refractivity contribution in [1.82, 2.24) is 0 Å². The lowest BCUT2D eigenvalue weighted by molar-refractivity contribution is -0.144. The molecule has 0 radical (unpaired) electrons. The molecule has 68 valence electrons. The Morgan fingerprint density at radius 2 is 2.25 bits per heavy atom. The first-order valence-electron chi connectivity index (χ1n) is 3.66. The molecule has 0 spiro atoms. The van der Waals surface area contributed by atoms with Gasteiger partial charge in [0.2, 0.25) is 0 Å². The smallest absolute Gasteiger partial charge is 0.317 e. The van der Waals surface area contributed by atoms with E-state index in [9.17, 15) is 4.79 Å². The normalized spacial score (nSPS) is 22.8. The lowest BCUT2D eigenvalue weighted by Crippen LogP contribution is -2.18. The number of ether oxygens (including phenoxy) is 2. The minimum absolute atomic E-state index is 0.204. The molecular formula is C8H12O3S. The number of carbonyl (C=O) groups is 1. The third-order valence-electron chi connectivity index (χ3n) is 1.84. The summed E-state index contributed by atoms with van der Waals surface area (Å²) >= 11 is 1.64. The van der Waals surface area contributed by atoms with Crippen molar-refractivity contribution < 1.29 is 14.3 Å². The lowest BCUT2D eigenvalue weighted by Gasteiger charge is -2.10. The average Bonchev–Trinajstić information content (AvgIpc) is 2.45. The third kappa shape index (κ3) is 1.58. The predicted octanol–water partition coefficient (Wildman–Crippen LogP) is 1.40. The Balaban J connectivity index is 2.75. The molecule has 1 aliphatic rings. The number of carbonyl (C=O) groups excluding carboxylic acids is 1. The summed E-state index contributed by atoms with van der Waals surface area (Å²) in [4.78, 5) is 12.3. The van der Waals surface area contributed by atoms with Gasteiger partial charge in [-0.25, -0.2) is 0 Å². The van der Waals surface area contributed by atoms with Gasteiger partial charge in [-0.15, -0.1) is 11.8 Å². The fourth-order valence-corrected chi connectivity index (χ4v) is 2.28. The molecule has 0 bridgehead atoms. The third-order valence-corrected chi connectivity index (χ3v) is 2.97. The van der Waals surface area contributed by atoms with Gasteiger partial charge in [0.1, 0.15) is 11.7 Å². The highest BCUT2D eigenvalue weighted by molar-refractivity contribution is 8.03. The Bertz CT molecular complexity index is 222. The van der Waals surface area contributed by atoms with Gasteiger partial charge in [0.15, 0.2) is 0 Å². The summed E-state index contributed by atoms with van der Waals surface area (Å²) in [6.07, 6.45) is 0. The van der Waals surface area contributed by atoms with E-state index < -0.39 is 0 Å². The highest BCUT2D eigenvalue weighted by Crippen LogP contribution is 2.36. The molecule has 12 heavy (non-hydrogen) atoms. The monoisotopic (exact) mass is 188 g/mol. The summed E-state index contributed by atoms with van der Waals surface area (Å²) in [6, 6.07) is 0. The first kappa shape index (κ1) is 9.45. The van der Waals surface area contributed by atoms with E-state index in [1.807, 2.05) is 6.92 Å². The molecule has 4 heteroatoms. The van der Waals surface area contributed by atoms with Crippen LogP contribution in [0.5, 0.6) is 0 Å².